The lowest BCUT2D eigenvalue weighted by Crippen LogP contribution is -2.39. The molecule has 0 bridgehead atoms. The molecule has 1 saturated heterocycles. The van der Waals surface area contributed by atoms with Crippen molar-refractivity contribution in [3.8, 4) is 5.75 Å². The first-order valence-corrected chi connectivity index (χ1v) is 10.2. The third-order valence-electron chi connectivity index (χ3n) is 4.17. The smallest absolute Gasteiger partial charge is 0.294 e. The molecule has 7 heteroatoms. The molecule has 6 nitrogen and oxygen atoms in total. The number of nitrogens with zero attached hydrogens (tertiary/aromatic N) is 1. The summed E-state index contributed by atoms with van der Waals surface area (Å²) in [6, 6.07) is 17.1. The highest BCUT2D eigenvalue weighted by atomic mass is 32.2. The molecule has 0 radical (unpaired) electrons. The monoisotopic (exact) mass is 410 g/mol. The second-order valence-electron chi connectivity index (χ2n) is 6.46. The van der Waals surface area contributed by atoms with Crippen molar-refractivity contribution in [2.75, 3.05) is 13.1 Å². The molecule has 0 saturated carbocycles. The largest absolute Gasteiger partial charge is 0.489 e. The van der Waals surface area contributed by atoms with E-state index in [9.17, 15) is 14.4 Å². The molecule has 1 N–H and O–H groups in total. The van der Waals surface area contributed by atoms with Crippen LogP contribution in [0.25, 0.3) is 6.08 Å². The van der Waals surface area contributed by atoms with Crippen LogP contribution in [0.2, 0.25) is 0 Å². The van der Waals surface area contributed by atoms with Crippen LogP contribution < -0.4 is 10.1 Å². The molecule has 0 unspecified atom stereocenters. The van der Waals surface area contributed by atoms with Gasteiger partial charge in [-0.05, 0) is 47.5 Å². The van der Waals surface area contributed by atoms with Crippen LogP contribution in [0.1, 0.15) is 24.5 Å². The van der Waals surface area contributed by atoms with Gasteiger partial charge in [0.05, 0.1) is 4.91 Å². The minimum absolute atomic E-state index is 0.256. The van der Waals surface area contributed by atoms with Crippen molar-refractivity contribution in [2.45, 2.75) is 20.0 Å². The first kappa shape index (κ1) is 20.7. The number of carbonyl (C=O) groups is 3. The fourth-order valence-corrected chi connectivity index (χ4v) is 3.49. The van der Waals surface area contributed by atoms with Gasteiger partial charge in [0.1, 0.15) is 18.9 Å². The molecule has 0 aliphatic carbocycles. The van der Waals surface area contributed by atoms with E-state index in [0.29, 0.717) is 23.8 Å². The van der Waals surface area contributed by atoms with Gasteiger partial charge in [0.25, 0.3) is 11.1 Å². The number of imide groups is 1. The molecule has 0 spiro atoms. The zero-order chi connectivity index (χ0) is 20.6. The van der Waals surface area contributed by atoms with Crippen LogP contribution in [0.15, 0.2) is 59.5 Å². The minimum Gasteiger partial charge on any atom is -0.489 e. The predicted octanol–water partition coefficient (Wildman–Crippen LogP) is 3.83. The highest BCUT2D eigenvalue weighted by Gasteiger charge is 2.36. The molecule has 1 aliphatic rings. The number of ether oxygens (including phenoxy) is 1. The van der Waals surface area contributed by atoms with E-state index in [0.717, 1.165) is 34.2 Å². The molecule has 3 rings (SSSR count). The van der Waals surface area contributed by atoms with Crippen LogP contribution >= 0.6 is 11.8 Å². The van der Waals surface area contributed by atoms with Crippen molar-refractivity contribution in [1.82, 2.24) is 10.2 Å². The fraction of sp³-hybridized carbons (Fsp3) is 0.227. The van der Waals surface area contributed by atoms with Gasteiger partial charge in [-0.3, -0.25) is 19.3 Å². The number of thioether (sulfide) groups is 1. The summed E-state index contributed by atoms with van der Waals surface area (Å²) in [5.41, 5.74) is 1.85. The number of hydrogen-bond acceptors (Lipinski definition) is 5. The molecule has 150 valence electrons. The van der Waals surface area contributed by atoms with Gasteiger partial charge in [0.15, 0.2) is 0 Å². The second kappa shape index (κ2) is 9.93. The fourth-order valence-electron chi connectivity index (χ4n) is 2.65. The van der Waals surface area contributed by atoms with E-state index in [4.69, 9.17) is 4.74 Å². The van der Waals surface area contributed by atoms with E-state index < -0.39 is 11.1 Å². The Morgan fingerprint density at radius 1 is 1.10 bits per heavy atom. The first-order valence-electron chi connectivity index (χ1n) is 9.35. The van der Waals surface area contributed by atoms with Crippen LogP contribution in [0.3, 0.4) is 0 Å². The average molecular weight is 410 g/mol. The van der Waals surface area contributed by atoms with Crippen molar-refractivity contribution in [2.24, 2.45) is 0 Å². The molecule has 1 fully saturated rings. The Labute approximate surface area is 173 Å². The number of nitrogens with one attached hydrogen (secondary N) is 1. The standard InChI is InChI=1S/C22H22N2O4S/c1-2-12-23-20(25)14-24-21(26)19(29-22(24)27)13-16-8-10-18(11-9-16)28-15-17-6-4-3-5-7-17/h3-11,13H,2,12,14-15H2,1H3,(H,23,25)/b19-13-. The topological polar surface area (TPSA) is 75.7 Å². The summed E-state index contributed by atoms with van der Waals surface area (Å²) in [6.07, 6.45) is 2.44. The molecule has 2 aromatic carbocycles. The summed E-state index contributed by atoms with van der Waals surface area (Å²) < 4.78 is 5.75. The Kier molecular flexibility index (Phi) is 7.08. The highest BCUT2D eigenvalue weighted by Crippen LogP contribution is 2.32. The van der Waals surface area contributed by atoms with Gasteiger partial charge in [0.2, 0.25) is 5.91 Å². The van der Waals surface area contributed by atoms with Crippen LogP contribution in [0.5, 0.6) is 5.75 Å². The van der Waals surface area contributed by atoms with Gasteiger partial charge in [-0.15, -0.1) is 0 Å². The SMILES string of the molecule is CCCNC(=O)CN1C(=O)S/C(=C\c2ccc(OCc3ccccc3)cc2)C1=O. The third-order valence-corrected chi connectivity index (χ3v) is 5.08. The Hall–Kier alpha value is -3.06. The summed E-state index contributed by atoms with van der Waals surface area (Å²) in [5.74, 6) is -0.0712. The molecule has 1 aliphatic heterocycles. The van der Waals surface area contributed by atoms with Gasteiger partial charge in [-0.1, -0.05) is 49.4 Å². The van der Waals surface area contributed by atoms with Crippen LogP contribution in [0.4, 0.5) is 4.79 Å². The van der Waals surface area contributed by atoms with Crippen molar-refractivity contribution in [1.29, 1.82) is 0 Å². The number of carbonyl (C=O) groups excluding carboxylic acids is 3. The van der Waals surface area contributed by atoms with E-state index in [2.05, 4.69) is 5.32 Å². The molecule has 1 heterocycles. The summed E-state index contributed by atoms with van der Waals surface area (Å²) >= 11 is 0.841. The molecular formula is C22H22N2O4S. The van der Waals surface area contributed by atoms with Gasteiger partial charge in [-0.2, -0.15) is 0 Å². The van der Waals surface area contributed by atoms with Crippen molar-refractivity contribution in [3.05, 3.63) is 70.6 Å². The lowest BCUT2D eigenvalue weighted by molar-refractivity contribution is -0.129. The van der Waals surface area contributed by atoms with E-state index in [1.54, 1.807) is 6.08 Å². The zero-order valence-corrected chi connectivity index (χ0v) is 16.9. The highest BCUT2D eigenvalue weighted by molar-refractivity contribution is 8.18. The van der Waals surface area contributed by atoms with Gasteiger partial charge in [-0.25, -0.2) is 0 Å². The maximum atomic E-state index is 12.5. The van der Waals surface area contributed by atoms with Crippen LogP contribution in [-0.2, 0) is 16.2 Å². The summed E-state index contributed by atoms with van der Waals surface area (Å²) in [5, 5.41) is 2.23. The molecule has 29 heavy (non-hydrogen) atoms. The quantitative estimate of drug-likeness (QED) is 0.670. The number of hydrogen-bond donors (Lipinski definition) is 1. The van der Waals surface area contributed by atoms with E-state index in [-0.39, 0.29) is 12.5 Å². The molecule has 2 aromatic rings. The number of rotatable bonds is 8. The van der Waals surface area contributed by atoms with Crippen molar-refractivity contribution < 1.29 is 19.1 Å². The molecule has 3 amide bonds. The van der Waals surface area contributed by atoms with Crippen molar-refractivity contribution >= 4 is 34.9 Å². The Morgan fingerprint density at radius 2 is 1.83 bits per heavy atom. The zero-order valence-electron chi connectivity index (χ0n) is 16.1. The molecule has 0 atom stereocenters. The van der Waals surface area contributed by atoms with E-state index >= 15 is 0 Å². The third kappa shape index (κ3) is 5.71. The van der Waals surface area contributed by atoms with Crippen LogP contribution in [-0.4, -0.2) is 35.0 Å². The van der Waals surface area contributed by atoms with Crippen LogP contribution in [0, 0.1) is 0 Å². The first-order chi connectivity index (χ1) is 14.1. The predicted molar refractivity (Wildman–Crippen MR) is 113 cm³/mol. The maximum Gasteiger partial charge on any atom is 0.294 e. The Morgan fingerprint density at radius 3 is 2.52 bits per heavy atom. The maximum absolute atomic E-state index is 12.5. The van der Waals surface area contributed by atoms with E-state index in [1.807, 2.05) is 61.5 Å². The Balaban J connectivity index is 1.60. The van der Waals surface area contributed by atoms with E-state index in [1.165, 1.54) is 0 Å². The lowest BCUT2D eigenvalue weighted by atomic mass is 10.2. The van der Waals surface area contributed by atoms with Gasteiger partial charge in [0, 0.05) is 6.54 Å². The van der Waals surface area contributed by atoms with Gasteiger partial charge >= 0.3 is 0 Å². The average Bonchev–Trinajstić information content (AvgIpc) is 3.00. The summed E-state index contributed by atoms with van der Waals surface area (Å²) in [7, 11) is 0. The van der Waals surface area contributed by atoms with Crippen molar-refractivity contribution in [3.63, 3.8) is 0 Å². The summed E-state index contributed by atoms with van der Waals surface area (Å²) in [4.78, 5) is 37.7. The molecular weight excluding hydrogens is 388 g/mol. The number of benzene rings is 2. The Bertz CT molecular complexity index is 910. The lowest BCUT2D eigenvalue weighted by Gasteiger charge is -2.11. The summed E-state index contributed by atoms with van der Waals surface area (Å²) in [6.45, 7) is 2.66. The number of amides is 3. The second-order valence-corrected chi connectivity index (χ2v) is 7.45. The normalized spacial score (nSPS) is 15.1. The molecule has 0 aromatic heterocycles. The minimum atomic E-state index is -0.448. The van der Waals surface area contributed by atoms with Gasteiger partial charge < -0.3 is 10.1 Å².